The predicted molar refractivity (Wildman–Crippen MR) is 75.7 cm³/mol. The predicted octanol–water partition coefficient (Wildman–Crippen LogP) is 4.93. The van der Waals surface area contributed by atoms with Gasteiger partial charge in [0.1, 0.15) is 5.82 Å². The first-order valence-electron chi connectivity index (χ1n) is 6.88. The molecule has 0 bridgehead atoms. The van der Waals surface area contributed by atoms with Gasteiger partial charge in [-0.25, -0.2) is 4.39 Å². The molecule has 0 radical (unpaired) electrons. The second-order valence-electron chi connectivity index (χ2n) is 6.11. The highest BCUT2D eigenvalue weighted by Crippen LogP contribution is 2.42. The van der Waals surface area contributed by atoms with Crippen LogP contribution < -0.4 is 0 Å². The number of rotatable bonds is 3. The Morgan fingerprint density at radius 3 is 2.74 bits per heavy atom. The first kappa shape index (κ1) is 14.0. The molecule has 1 aromatic rings. The second kappa shape index (κ2) is 5.28. The molecule has 1 aromatic carbocycles. The molecule has 1 nitrogen and oxygen atoms in total. The summed E-state index contributed by atoms with van der Waals surface area (Å²) in [4.78, 5) is 12.3. The molecule has 0 fully saturated rings. The van der Waals surface area contributed by atoms with Crippen molar-refractivity contribution in [3.63, 3.8) is 0 Å². The van der Waals surface area contributed by atoms with Crippen molar-refractivity contribution in [2.45, 2.75) is 46.5 Å². The lowest BCUT2D eigenvalue weighted by atomic mass is 9.71. The number of ketones is 1. The van der Waals surface area contributed by atoms with Crippen molar-refractivity contribution in [3.05, 3.63) is 46.8 Å². The maximum Gasteiger partial charge on any atom is 0.167 e. The zero-order valence-corrected chi connectivity index (χ0v) is 11.9. The summed E-state index contributed by atoms with van der Waals surface area (Å²) in [7, 11) is 0. The summed E-state index contributed by atoms with van der Waals surface area (Å²) in [6.45, 7) is 6.52. The Balaban J connectivity index is 2.23. The van der Waals surface area contributed by atoms with E-state index >= 15 is 0 Å². The summed E-state index contributed by atoms with van der Waals surface area (Å²) in [6, 6.07) is 5.98. The Kier molecular flexibility index (Phi) is 3.88. The van der Waals surface area contributed by atoms with E-state index in [1.54, 1.807) is 12.1 Å². The average Bonchev–Trinajstić information content (AvgIpc) is 2.33. The SMILES string of the molecule is CC1=C(CC(=O)c2cccc(F)c2)C(C)(C)CCC1. The molecule has 0 unspecified atom stereocenters. The standard InChI is InChI=1S/C17H21FO/c1-12-6-5-9-17(2,3)15(12)11-16(19)13-7-4-8-14(18)10-13/h4,7-8,10H,5-6,9,11H2,1-3H3. The van der Waals surface area contributed by atoms with E-state index in [4.69, 9.17) is 0 Å². The molecule has 2 rings (SSSR count). The van der Waals surface area contributed by atoms with Crippen molar-refractivity contribution >= 4 is 5.78 Å². The minimum atomic E-state index is -0.348. The third kappa shape index (κ3) is 3.12. The van der Waals surface area contributed by atoms with E-state index in [0.29, 0.717) is 12.0 Å². The lowest BCUT2D eigenvalue weighted by Crippen LogP contribution is -2.22. The minimum absolute atomic E-state index is 0.0174. The van der Waals surface area contributed by atoms with Gasteiger partial charge in [0.05, 0.1) is 0 Å². The first-order chi connectivity index (χ1) is 8.90. The Hall–Kier alpha value is -1.44. The fraction of sp³-hybridized carbons (Fsp3) is 0.471. The molecular formula is C17H21FO. The second-order valence-corrected chi connectivity index (χ2v) is 6.11. The highest BCUT2D eigenvalue weighted by molar-refractivity contribution is 5.97. The topological polar surface area (TPSA) is 17.1 Å². The maximum absolute atomic E-state index is 13.2. The van der Waals surface area contributed by atoms with E-state index in [0.717, 1.165) is 12.8 Å². The smallest absolute Gasteiger partial charge is 0.167 e. The number of carbonyl (C=O) groups is 1. The van der Waals surface area contributed by atoms with Crippen LogP contribution in [0, 0.1) is 11.2 Å². The van der Waals surface area contributed by atoms with E-state index in [2.05, 4.69) is 20.8 Å². The number of allylic oxidation sites excluding steroid dienone is 2. The highest BCUT2D eigenvalue weighted by Gasteiger charge is 2.29. The van der Waals surface area contributed by atoms with Crippen molar-refractivity contribution in [1.29, 1.82) is 0 Å². The van der Waals surface area contributed by atoms with Gasteiger partial charge in [0.15, 0.2) is 5.78 Å². The third-order valence-electron chi connectivity index (χ3n) is 4.17. The van der Waals surface area contributed by atoms with Crippen molar-refractivity contribution in [3.8, 4) is 0 Å². The Morgan fingerprint density at radius 1 is 1.37 bits per heavy atom. The molecule has 0 saturated heterocycles. The van der Waals surface area contributed by atoms with E-state index in [9.17, 15) is 9.18 Å². The van der Waals surface area contributed by atoms with Crippen molar-refractivity contribution in [1.82, 2.24) is 0 Å². The molecule has 1 aliphatic rings. The zero-order valence-electron chi connectivity index (χ0n) is 11.9. The number of hydrogen-bond acceptors (Lipinski definition) is 1. The van der Waals surface area contributed by atoms with Crippen molar-refractivity contribution in [2.75, 3.05) is 0 Å². The van der Waals surface area contributed by atoms with E-state index in [1.807, 2.05) is 0 Å². The number of hydrogen-bond donors (Lipinski definition) is 0. The Morgan fingerprint density at radius 2 is 2.11 bits per heavy atom. The van der Waals surface area contributed by atoms with Crippen LogP contribution in [0.3, 0.4) is 0 Å². The summed E-state index contributed by atoms with van der Waals surface area (Å²) >= 11 is 0. The molecule has 0 spiro atoms. The summed E-state index contributed by atoms with van der Waals surface area (Å²) in [5, 5.41) is 0. The van der Waals surface area contributed by atoms with Gasteiger partial charge in [-0.3, -0.25) is 4.79 Å². The highest BCUT2D eigenvalue weighted by atomic mass is 19.1. The molecule has 1 aliphatic carbocycles. The van der Waals surface area contributed by atoms with E-state index < -0.39 is 0 Å². The van der Waals surface area contributed by atoms with Crippen molar-refractivity contribution in [2.24, 2.45) is 5.41 Å². The maximum atomic E-state index is 13.2. The summed E-state index contributed by atoms with van der Waals surface area (Å²) < 4.78 is 13.2. The van der Waals surface area contributed by atoms with Gasteiger partial charge in [0.2, 0.25) is 0 Å². The molecule has 0 aromatic heterocycles. The van der Waals surface area contributed by atoms with Gasteiger partial charge in [0, 0.05) is 12.0 Å². The summed E-state index contributed by atoms with van der Waals surface area (Å²) in [6.07, 6.45) is 3.81. The lowest BCUT2D eigenvalue weighted by Gasteiger charge is -2.34. The molecule has 0 atom stereocenters. The molecule has 0 N–H and O–H groups in total. The molecule has 0 saturated carbocycles. The molecule has 102 valence electrons. The van der Waals surface area contributed by atoms with Crippen molar-refractivity contribution < 1.29 is 9.18 Å². The van der Waals surface area contributed by atoms with Crippen LogP contribution in [-0.2, 0) is 0 Å². The first-order valence-corrected chi connectivity index (χ1v) is 6.88. The van der Waals surface area contributed by atoms with Crippen LogP contribution in [0.1, 0.15) is 56.8 Å². The molecule has 19 heavy (non-hydrogen) atoms. The summed E-state index contributed by atoms with van der Waals surface area (Å²) in [5.74, 6) is -0.330. The number of Topliss-reactive ketones (excluding diaryl/α,β-unsaturated/α-hetero) is 1. The van der Waals surface area contributed by atoms with E-state index in [1.165, 1.54) is 29.7 Å². The van der Waals surface area contributed by atoms with Gasteiger partial charge >= 0.3 is 0 Å². The Labute approximate surface area is 114 Å². The van der Waals surface area contributed by atoms with Crippen LogP contribution in [0.4, 0.5) is 4.39 Å². The molecule has 2 heteroatoms. The quantitative estimate of drug-likeness (QED) is 0.556. The molecule has 0 heterocycles. The van der Waals surface area contributed by atoms with Gasteiger partial charge < -0.3 is 0 Å². The Bertz CT molecular complexity index is 526. The van der Waals surface area contributed by atoms with Crippen LogP contribution in [0.5, 0.6) is 0 Å². The van der Waals surface area contributed by atoms with Gasteiger partial charge in [-0.2, -0.15) is 0 Å². The van der Waals surface area contributed by atoms with Crippen LogP contribution in [0.2, 0.25) is 0 Å². The van der Waals surface area contributed by atoms with Gasteiger partial charge in [-0.05, 0) is 43.7 Å². The average molecular weight is 260 g/mol. The number of halogens is 1. The monoisotopic (exact) mass is 260 g/mol. The normalized spacial score (nSPS) is 18.5. The molecule has 0 aliphatic heterocycles. The fourth-order valence-electron chi connectivity index (χ4n) is 2.99. The lowest BCUT2D eigenvalue weighted by molar-refractivity contribution is 0.0983. The van der Waals surface area contributed by atoms with Gasteiger partial charge in [0.25, 0.3) is 0 Å². The van der Waals surface area contributed by atoms with Crippen LogP contribution in [0.15, 0.2) is 35.4 Å². The molecular weight excluding hydrogens is 239 g/mol. The fourth-order valence-corrected chi connectivity index (χ4v) is 2.99. The van der Waals surface area contributed by atoms with Crippen LogP contribution >= 0.6 is 0 Å². The zero-order chi connectivity index (χ0) is 14.0. The number of carbonyl (C=O) groups excluding carboxylic acids is 1. The van der Waals surface area contributed by atoms with Gasteiger partial charge in [-0.15, -0.1) is 0 Å². The third-order valence-corrected chi connectivity index (χ3v) is 4.17. The van der Waals surface area contributed by atoms with E-state index in [-0.39, 0.29) is 17.0 Å². The van der Waals surface area contributed by atoms with Crippen LogP contribution in [-0.4, -0.2) is 5.78 Å². The minimum Gasteiger partial charge on any atom is -0.294 e. The number of benzene rings is 1. The summed E-state index contributed by atoms with van der Waals surface area (Å²) in [5.41, 5.74) is 3.14. The largest absolute Gasteiger partial charge is 0.294 e. The van der Waals surface area contributed by atoms with Gasteiger partial charge in [-0.1, -0.05) is 37.1 Å². The van der Waals surface area contributed by atoms with Crippen LogP contribution in [0.25, 0.3) is 0 Å². The molecule has 0 amide bonds.